The molecule has 2 heteroatoms. The number of alkyl halides is 1. The lowest BCUT2D eigenvalue weighted by Gasteiger charge is -2.39. The molecule has 1 nitrogen and oxygen atoms in total. The van der Waals surface area contributed by atoms with Gasteiger partial charge in [-0.2, -0.15) is 0 Å². The van der Waals surface area contributed by atoms with Gasteiger partial charge in [-0.3, -0.25) is 0 Å². The molecule has 2 rings (SSSR count). The van der Waals surface area contributed by atoms with Crippen molar-refractivity contribution in [2.75, 3.05) is 0 Å². The van der Waals surface area contributed by atoms with Crippen molar-refractivity contribution in [1.82, 2.24) is 0 Å². The lowest BCUT2D eigenvalue weighted by molar-refractivity contribution is 0.0238. The zero-order valence-electron chi connectivity index (χ0n) is 5.49. The van der Waals surface area contributed by atoms with Crippen LogP contribution in [0.15, 0.2) is 0 Å². The van der Waals surface area contributed by atoms with Gasteiger partial charge in [-0.1, -0.05) is 0 Å². The maximum absolute atomic E-state index is 13.4. The number of halogens is 1. The van der Waals surface area contributed by atoms with E-state index in [4.69, 9.17) is 5.73 Å². The van der Waals surface area contributed by atoms with Gasteiger partial charge in [0.15, 0.2) is 0 Å². The van der Waals surface area contributed by atoms with Crippen molar-refractivity contribution in [1.29, 1.82) is 0 Å². The molecular formula is C7H12FN. The van der Waals surface area contributed by atoms with E-state index in [1.165, 1.54) is 0 Å². The van der Waals surface area contributed by atoms with Crippen LogP contribution in [0.3, 0.4) is 0 Å². The second-order valence-electron chi connectivity index (χ2n) is 3.47. The average molecular weight is 129 g/mol. The first-order chi connectivity index (χ1) is 4.16. The van der Waals surface area contributed by atoms with Crippen LogP contribution in [0.1, 0.15) is 32.1 Å². The Labute approximate surface area is 54.4 Å². The summed E-state index contributed by atoms with van der Waals surface area (Å²) in [6.07, 6.45) is 4.27. The fourth-order valence-electron chi connectivity index (χ4n) is 1.57. The average Bonchev–Trinajstić information content (AvgIpc) is 2.43. The minimum absolute atomic E-state index is 0.384. The molecule has 2 saturated carbocycles. The van der Waals surface area contributed by atoms with Crippen LogP contribution >= 0.6 is 0 Å². The Bertz CT molecular complexity index is 136. The largest absolute Gasteiger partial charge is 0.322 e. The first-order valence-corrected chi connectivity index (χ1v) is 3.64. The third kappa shape index (κ3) is 0.571. The monoisotopic (exact) mass is 129 g/mol. The normalized spacial score (nSPS) is 35.3. The van der Waals surface area contributed by atoms with Crippen LogP contribution in [0.25, 0.3) is 0 Å². The topological polar surface area (TPSA) is 26.0 Å². The highest BCUT2D eigenvalue weighted by Gasteiger charge is 2.60. The van der Waals surface area contributed by atoms with Gasteiger partial charge in [-0.15, -0.1) is 0 Å². The van der Waals surface area contributed by atoms with Crippen LogP contribution in [0, 0.1) is 0 Å². The van der Waals surface area contributed by atoms with E-state index in [0.29, 0.717) is 12.8 Å². The maximum Gasteiger partial charge on any atom is 0.128 e. The second kappa shape index (κ2) is 1.31. The van der Waals surface area contributed by atoms with Crippen LogP contribution in [-0.4, -0.2) is 11.2 Å². The predicted molar refractivity (Wildman–Crippen MR) is 33.8 cm³/mol. The molecule has 0 unspecified atom stereocenters. The molecular weight excluding hydrogens is 117 g/mol. The third-order valence-corrected chi connectivity index (χ3v) is 2.83. The summed E-state index contributed by atoms with van der Waals surface area (Å²) in [5.74, 6) is 0. The van der Waals surface area contributed by atoms with Gasteiger partial charge in [-0.05, 0) is 32.1 Å². The summed E-state index contributed by atoms with van der Waals surface area (Å²) in [6.45, 7) is 0. The molecule has 0 aromatic carbocycles. The quantitative estimate of drug-likeness (QED) is 0.568. The fourth-order valence-corrected chi connectivity index (χ4v) is 1.57. The first-order valence-electron chi connectivity index (χ1n) is 3.64. The molecule has 0 radical (unpaired) electrons. The van der Waals surface area contributed by atoms with Gasteiger partial charge in [0.2, 0.25) is 0 Å². The Kier molecular flexibility index (Phi) is 0.825. The van der Waals surface area contributed by atoms with Gasteiger partial charge >= 0.3 is 0 Å². The molecule has 0 amide bonds. The van der Waals surface area contributed by atoms with E-state index in [1.807, 2.05) is 0 Å². The number of nitrogens with two attached hydrogens (primary N) is 1. The number of rotatable bonds is 1. The summed E-state index contributed by atoms with van der Waals surface area (Å²) in [5.41, 5.74) is 4.38. The summed E-state index contributed by atoms with van der Waals surface area (Å²) < 4.78 is 13.4. The third-order valence-electron chi connectivity index (χ3n) is 2.83. The van der Waals surface area contributed by atoms with Crippen molar-refractivity contribution in [3.05, 3.63) is 0 Å². The van der Waals surface area contributed by atoms with Crippen LogP contribution in [-0.2, 0) is 0 Å². The molecule has 52 valence electrons. The summed E-state index contributed by atoms with van der Waals surface area (Å²) in [7, 11) is 0. The molecule has 2 fully saturated rings. The van der Waals surface area contributed by atoms with Crippen molar-refractivity contribution in [3.8, 4) is 0 Å². The molecule has 0 aromatic heterocycles. The van der Waals surface area contributed by atoms with E-state index in [-0.39, 0.29) is 5.54 Å². The van der Waals surface area contributed by atoms with Gasteiger partial charge in [0, 0.05) is 0 Å². The molecule has 0 aliphatic heterocycles. The highest BCUT2D eigenvalue weighted by Crippen LogP contribution is 2.54. The number of hydrogen-bond acceptors (Lipinski definition) is 1. The fraction of sp³-hybridized carbons (Fsp3) is 1.00. The molecule has 0 atom stereocenters. The van der Waals surface area contributed by atoms with Gasteiger partial charge < -0.3 is 5.73 Å². The highest BCUT2D eigenvalue weighted by molar-refractivity contribution is 5.17. The van der Waals surface area contributed by atoms with Crippen LogP contribution in [0.2, 0.25) is 0 Å². The minimum atomic E-state index is -0.951. The Morgan fingerprint density at radius 2 is 1.67 bits per heavy atom. The Hall–Kier alpha value is -0.110. The van der Waals surface area contributed by atoms with E-state index < -0.39 is 5.67 Å². The van der Waals surface area contributed by atoms with E-state index in [0.717, 1.165) is 19.3 Å². The Morgan fingerprint density at radius 3 is 1.78 bits per heavy atom. The SMILES string of the molecule is NC1(C2(F)CCC2)CC1. The summed E-state index contributed by atoms with van der Waals surface area (Å²) in [6, 6.07) is 0. The zero-order chi connectivity index (χ0) is 6.54. The van der Waals surface area contributed by atoms with Crippen molar-refractivity contribution in [2.24, 2.45) is 5.73 Å². The van der Waals surface area contributed by atoms with E-state index in [1.54, 1.807) is 0 Å². The number of hydrogen-bond donors (Lipinski definition) is 1. The van der Waals surface area contributed by atoms with Crippen LogP contribution in [0.4, 0.5) is 4.39 Å². The molecule has 0 aromatic rings. The van der Waals surface area contributed by atoms with E-state index in [9.17, 15) is 4.39 Å². The standard InChI is InChI=1S/C7H12FN/c8-6(2-1-3-6)7(9)4-5-7/h1-5,9H2. The van der Waals surface area contributed by atoms with Crippen LogP contribution < -0.4 is 5.73 Å². The molecule has 2 aliphatic carbocycles. The molecule has 9 heavy (non-hydrogen) atoms. The smallest absolute Gasteiger partial charge is 0.128 e. The van der Waals surface area contributed by atoms with Gasteiger partial charge in [-0.25, -0.2) is 4.39 Å². The van der Waals surface area contributed by atoms with E-state index >= 15 is 0 Å². The summed E-state index contributed by atoms with van der Waals surface area (Å²) >= 11 is 0. The predicted octanol–water partition coefficient (Wildman–Crippen LogP) is 1.37. The van der Waals surface area contributed by atoms with E-state index in [2.05, 4.69) is 0 Å². The molecule has 0 bridgehead atoms. The van der Waals surface area contributed by atoms with Crippen molar-refractivity contribution < 1.29 is 4.39 Å². The summed E-state index contributed by atoms with van der Waals surface area (Å²) in [4.78, 5) is 0. The van der Waals surface area contributed by atoms with Crippen molar-refractivity contribution in [3.63, 3.8) is 0 Å². The minimum Gasteiger partial charge on any atom is -0.322 e. The zero-order valence-corrected chi connectivity index (χ0v) is 5.49. The van der Waals surface area contributed by atoms with Crippen molar-refractivity contribution in [2.45, 2.75) is 43.3 Å². The van der Waals surface area contributed by atoms with Crippen molar-refractivity contribution >= 4 is 0 Å². The molecule has 2 N–H and O–H groups in total. The van der Waals surface area contributed by atoms with Gasteiger partial charge in [0.25, 0.3) is 0 Å². The van der Waals surface area contributed by atoms with Crippen LogP contribution in [0.5, 0.6) is 0 Å². The maximum atomic E-state index is 13.4. The molecule has 0 spiro atoms. The molecule has 2 aliphatic rings. The molecule has 0 heterocycles. The second-order valence-corrected chi connectivity index (χ2v) is 3.47. The first kappa shape index (κ1) is 5.66. The highest BCUT2D eigenvalue weighted by atomic mass is 19.1. The van der Waals surface area contributed by atoms with Gasteiger partial charge in [0.1, 0.15) is 5.67 Å². The summed E-state index contributed by atoms with van der Waals surface area (Å²) in [5, 5.41) is 0. The Morgan fingerprint density at radius 1 is 1.11 bits per heavy atom. The molecule has 0 saturated heterocycles. The Balaban J connectivity index is 2.11. The lowest BCUT2D eigenvalue weighted by atomic mass is 9.75. The van der Waals surface area contributed by atoms with Gasteiger partial charge in [0.05, 0.1) is 5.54 Å². The lowest BCUT2D eigenvalue weighted by Crippen LogP contribution is -2.51.